The topological polar surface area (TPSA) is 91.0 Å². The zero-order chi connectivity index (χ0) is 15.7. The van der Waals surface area contributed by atoms with Gasteiger partial charge in [0.1, 0.15) is 6.04 Å². The number of carboxylic acid groups (broad SMARTS) is 1. The third-order valence-corrected chi connectivity index (χ3v) is 5.77. The van der Waals surface area contributed by atoms with Crippen molar-refractivity contribution >= 4 is 27.4 Å². The summed E-state index contributed by atoms with van der Waals surface area (Å²) in [5.41, 5.74) is 5.22. The smallest absolute Gasteiger partial charge is 0.480 e. The van der Waals surface area contributed by atoms with E-state index < -0.39 is 25.6 Å². The molecule has 0 aliphatic carbocycles. The van der Waals surface area contributed by atoms with Gasteiger partial charge in [-0.05, 0) is 13.8 Å². The molecule has 0 bridgehead atoms. The summed E-state index contributed by atoms with van der Waals surface area (Å²) in [6.07, 6.45) is 1.03. The molecule has 19 heavy (non-hydrogen) atoms. The van der Waals surface area contributed by atoms with Crippen LogP contribution in [0.25, 0.3) is 0 Å². The Bertz CT molecular complexity index is 248. The van der Waals surface area contributed by atoms with Crippen molar-refractivity contribution in [3.63, 3.8) is 0 Å². The quantitative estimate of drug-likeness (QED) is 0.486. The average molecular weight is 313 g/mol. The van der Waals surface area contributed by atoms with Gasteiger partial charge in [-0.2, -0.15) is 12.6 Å². The highest BCUT2D eigenvalue weighted by Gasteiger charge is 2.36. The Labute approximate surface area is 122 Å². The number of hydrogen-bond donors (Lipinski definition) is 3. The fourth-order valence-electron chi connectivity index (χ4n) is 1.16. The fraction of sp³-hybridized carbons (Fsp3) is 0.909. The molecule has 0 amide bonds. The molecule has 0 aromatic rings. The van der Waals surface area contributed by atoms with Crippen molar-refractivity contribution in [2.75, 3.05) is 21.3 Å². The minimum absolute atomic E-state index is 0.647. The fourth-order valence-corrected chi connectivity index (χ4v) is 3.00. The van der Waals surface area contributed by atoms with Crippen LogP contribution < -0.4 is 5.73 Å². The van der Waals surface area contributed by atoms with E-state index in [-0.39, 0.29) is 0 Å². The van der Waals surface area contributed by atoms with Gasteiger partial charge >= 0.3 is 14.8 Å². The summed E-state index contributed by atoms with van der Waals surface area (Å²) in [5, 5.41) is 8.34. The van der Waals surface area contributed by atoms with Crippen LogP contribution in [0, 0.1) is 0 Å². The standard InChI is InChI=1S/C6H16O3Si.C5H11NO2S/c1-5-6-10(7-2,8-3)9-4;1-5(2,9)3(6)4(7)8/h5-6H2,1-4H3;3,9H,6H2,1-2H3,(H,7,8)/t;3-/m.1/s1. The highest BCUT2D eigenvalue weighted by molar-refractivity contribution is 7.81. The molecule has 0 aromatic carbocycles. The Morgan fingerprint density at radius 3 is 1.74 bits per heavy atom. The van der Waals surface area contributed by atoms with Crippen molar-refractivity contribution < 1.29 is 23.2 Å². The summed E-state index contributed by atoms with van der Waals surface area (Å²) in [6, 6.07) is -0.0166. The predicted molar refractivity (Wildman–Crippen MR) is 80.6 cm³/mol. The number of rotatable bonds is 7. The van der Waals surface area contributed by atoms with E-state index in [0.717, 1.165) is 12.5 Å². The molecule has 0 saturated carbocycles. The molecular formula is C11H27NO5SSi. The third-order valence-electron chi connectivity index (χ3n) is 2.52. The van der Waals surface area contributed by atoms with E-state index in [1.165, 1.54) is 0 Å². The van der Waals surface area contributed by atoms with E-state index in [2.05, 4.69) is 19.6 Å². The van der Waals surface area contributed by atoms with E-state index in [1.54, 1.807) is 35.2 Å². The second-order valence-corrected chi connectivity index (χ2v) is 8.76. The monoisotopic (exact) mass is 313 g/mol. The summed E-state index contributed by atoms with van der Waals surface area (Å²) in [6.45, 7) is 5.41. The van der Waals surface area contributed by atoms with Crippen molar-refractivity contribution in [3.8, 4) is 0 Å². The van der Waals surface area contributed by atoms with E-state index in [9.17, 15) is 4.79 Å². The Hall–Kier alpha value is -0.123. The Morgan fingerprint density at radius 1 is 1.32 bits per heavy atom. The second-order valence-electron chi connectivity index (χ2n) is 4.51. The first kappa shape index (κ1) is 21.2. The molecule has 1 atom stereocenters. The number of aliphatic carboxylic acids is 1. The van der Waals surface area contributed by atoms with Crippen LogP contribution in [0.3, 0.4) is 0 Å². The van der Waals surface area contributed by atoms with Crippen molar-refractivity contribution in [1.29, 1.82) is 0 Å². The molecule has 0 saturated heterocycles. The normalized spacial score (nSPS) is 13.5. The maximum Gasteiger partial charge on any atom is 0.500 e. The number of nitrogens with two attached hydrogens (primary N) is 1. The van der Waals surface area contributed by atoms with Crippen LogP contribution in [0.5, 0.6) is 0 Å². The number of carbonyl (C=O) groups is 1. The average Bonchev–Trinajstić information content (AvgIpc) is 2.35. The van der Waals surface area contributed by atoms with Crippen LogP contribution in [0.15, 0.2) is 0 Å². The van der Waals surface area contributed by atoms with Gasteiger partial charge in [-0.25, -0.2) is 0 Å². The van der Waals surface area contributed by atoms with Crippen molar-refractivity contribution in [3.05, 3.63) is 0 Å². The third kappa shape index (κ3) is 8.61. The van der Waals surface area contributed by atoms with Crippen LogP contribution in [0.1, 0.15) is 27.2 Å². The number of carboxylic acids is 1. The molecule has 0 heterocycles. The summed E-state index contributed by atoms with van der Waals surface area (Å²) in [7, 11) is 2.68. The molecule has 0 fully saturated rings. The van der Waals surface area contributed by atoms with E-state index in [1.807, 2.05) is 0 Å². The zero-order valence-electron chi connectivity index (χ0n) is 12.6. The lowest BCUT2D eigenvalue weighted by Gasteiger charge is -2.23. The molecule has 0 aliphatic rings. The number of hydrogen-bond acceptors (Lipinski definition) is 6. The van der Waals surface area contributed by atoms with E-state index >= 15 is 0 Å². The summed E-state index contributed by atoms with van der Waals surface area (Å²) < 4.78 is 14.9. The highest BCUT2D eigenvalue weighted by Crippen LogP contribution is 2.15. The largest absolute Gasteiger partial charge is 0.500 e. The Morgan fingerprint density at radius 2 is 1.68 bits per heavy atom. The first-order valence-electron chi connectivity index (χ1n) is 5.96. The molecular weight excluding hydrogens is 286 g/mol. The lowest BCUT2D eigenvalue weighted by molar-refractivity contribution is -0.139. The van der Waals surface area contributed by atoms with Crippen LogP contribution in [-0.4, -0.2) is 52.0 Å². The molecule has 3 N–H and O–H groups in total. The van der Waals surface area contributed by atoms with E-state index in [4.69, 9.17) is 24.1 Å². The Kier molecular flexibility index (Phi) is 10.8. The first-order valence-corrected chi connectivity index (χ1v) is 8.34. The van der Waals surface area contributed by atoms with Crippen LogP contribution in [-0.2, 0) is 18.1 Å². The summed E-state index contributed by atoms with van der Waals surface area (Å²) >= 11 is 3.98. The minimum Gasteiger partial charge on any atom is -0.480 e. The maximum atomic E-state index is 10.2. The molecule has 0 spiro atoms. The van der Waals surface area contributed by atoms with Gasteiger partial charge in [0.15, 0.2) is 0 Å². The van der Waals surface area contributed by atoms with Gasteiger partial charge < -0.3 is 24.1 Å². The van der Waals surface area contributed by atoms with Crippen LogP contribution >= 0.6 is 12.6 Å². The van der Waals surface area contributed by atoms with E-state index in [0.29, 0.717) is 0 Å². The van der Waals surface area contributed by atoms with Gasteiger partial charge in [0.2, 0.25) is 0 Å². The van der Waals surface area contributed by atoms with Gasteiger partial charge in [0.25, 0.3) is 0 Å². The zero-order valence-corrected chi connectivity index (χ0v) is 14.5. The molecule has 0 aliphatic heterocycles. The van der Waals surface area contributed by atoms with Gasteiger partial charge in [0.05, 0.1) is 0 Å². The molecule has 0 aromatic heterocycles. The summed E-state index contributed by atoms with van der Waals surface area (Å²) in [4.78, 5) is 10.2. The predicted octanol–water partition coefficient (Wildman–Crippen LogP) is 1.38. The van der Waals surface area contributed by atoms with Crippen LogP contribution in [0.4, 0.5) is 0 Å². The highest BCUT2D eigenvalue weighted by atomic mass is 32.1. The molecule has 0 unspecified atom stereocenters. The minimum atomic E-state index is -2.22. The molecule has 116 valence electrons. The van der Waals surface area contributed by atoms with Gasteiger partial charge in [-0.1, -0.05) is 13.3 Å². The van der Waals surface area contributed by atoms with Crippen molar-refractivity contribution in [2.24, 2.45) is 5.73 Å². The molecule has 0 rings (SSSR count). The summed E-state index contributed by atoms with van der Waals surface area (Å²) in [5.74, 6) is -1.02. The molecule has 0 radical (unpaired) electrons. The molecule has 8 heteroatoms. The maximum absolute atomic E-state index is 10.2. The lowest BCUT2D eigenvalue weighted by atomic mass is 10.1. The van der Waals surface area contributed by atoms with Crippen molar-refractivity contribution in [1.82, 2.24) is 0 Å². The van der Waals surface area contributed by atoms with Crippen LogP contribution in [0.2, 0.25) is 6.04 Å². The van der Waals surface area contributed by atoms with Gasteiger partial charge in [-0.15, -0.1) is 0 Å². The number of thiol groups is 1. The molecule has 6 nitrogen and oxygen atoms in total. The Balaban J connectivity index is 0. The van der Waals surface area contributed by atoms with Crippen molar-refractivity contribution in [2.45, 2.75) is 44.0 Å². The van der Waals surface area contributed by atoms with Gasteiger partial charge in [-0.3, -0.25) is 4.79 Å². The first-order chi connectivity index (χ1) is 8.60. The SMILES string of the molecule is CC(C)(S)[C@H](N)C(=O)O.CCC[Si](OC)(OC)OC. The second kappa shape index (κ2) is 9.73. The van der Waals surface area contributed by atoms with Gasteiger partial charge in [0, 0.05) is 32.1 Å². The lowest BCUT2D eigenvalue weighted by Crippen LogP contribution is -2.45.